The normalized spacial score (nSPS) is 17.6. The molecule has 2 unspecified atom stereocenters. The fraction of sp³-hybridized carbons (Fsp3) is 0.467. The van der Waals surface area contributed by atoms with Gasteiger partial charge in [-0.2, -0.15) is 4.31 Å². The number of aliphatic carboxylic acids is 1. The molecule has 222 valence electrons. The maximum Gasteiger partial charge on any atom is 0.326 e. The van der Waals surface area contributed by atoms with Gasteiger partial charge in [-0.25, -0.2) is 13.2 Å². The van der Waals surface area contributed by atoms with E-state index in [1.54, 1.807) is 63.2 Å². The monoisotopic (exact) mass is 601 g/mol. The smallest absolute Gasteiger partial charge is 0.326 e. The average Bonchev–Trinajstić information content (AvgIpc) is 3.25. The Morgan fingerprint density at radius 2 is 1.63 bits per heavy atom. The Hall–Kier alpha value is -3.02. The third-order valence-electron chi connectivity index (χ3n) is 7.09. The van der Waals surface area contributed by atoms with Crippen LogP contribution in [0.2, 0.25) is 0 Å². The molecule has 9 nitrogen and oxygen atoms in total. The van der Waals surface area contributed by atoms with Gasteiger partial charge in [-0.15, -0.1) is 11.8 Å². The number of thioether (sulfide) groups is 1. The van der Waals surface area contributed by atoms with E-state index in [0.717, 1.165) is 35.6 Å². The van der Waals surface area contributed by atoms with Crippen molar-refractivity contribution < 1.29 is 27.9 Å². The SMILES string of the molecule is CC(=N)CCCCCC(=O)Cc1ccc(CC(NC(=O)C2N(S(=O)(=O)c3ccccc3)CSC2(C)C)C(=O)O)cc1. The third-order valence-corrected chi connectivity index (χ3v) is 10.5. The number of carbonyl (C=O) groups is 3. The van der Waals surface area contributed by atoms with Gasteiger partial charge in [-0.1, -0.05) is 48.9 Å². The zero-order valence-corrected chi connectivity index (χ0v) is 25.4. The lowest BCUT2D eigenvalue weighted by molar-refractivity contribution is -0.142. The van der Waals surface area contributed by atoms with Crippen molar-refractivity contribution in [3.8, 4) is 0 Å². The van der Waals surface area contributed by atoms with Crippen LogP contribution >= 0.6 is 11.8 Å². The summed E-state index contributed by atoms with van der Waals surface area (Å²) in [7, 11) is -3.98. The number of Topliss-reactive ketones (excluding diaryl/α,β-unsaturated/α-hetero) is 1. The van der Waals surface area contributed by atoms with Gasteiger partial charge in [0.15, 0.2) is 0 Å². The molecule has 2 aromatic carbocycles. The van der Waals surface area contributed by atoms with E-state index in [4.69, 9.17) is 5.41 Å². The van der Waals surface area contributed by atoms with Crippen LogP contribution in [0, 0.1) is 5.41 Å². The Kier molecular flexibility index (Phi) is 11.3. The van der Waals surface area contributed by atoms with Crippen molar-refractivity contribution in [2.24, 2.45) is 0 Å². The Bertz CT molecular complexity index is 1340. The molecule has 0 bridgehead atoms. The van der Waals surface area contributed by atoms with Crippen molar-refractivity contribution in [2.45, 2.75) is 87.4 Å². The summed E-state index contributed by atoms with van der Waals surface area (Å²) >= 11 is 1.32. The van der Waals surface area contributed by atoms with Crippen molar-refractivity contribution in [1.82, 2.24) is 9.62 Å². The van der Waals surface area contributed by atoms with Crippen LogP contribution in [-0.4, -0.2) is 63.9 Å². The lowest BCUT2D eigenvalue weighted by Crippen LogP contribution is -2.56. The minimum Gasteiger partial charge on any atom is -0.480 e. The Morgan fingerprint density at radius 3 is 2.24 bits per heavy atom. The molecule has 1 amide bonds. The standard InChI is InChI=1S/C30H39N3O6S2/c1-21(31)10-6-4-7-11-24(34)18-22-14-16-23(17-15-22)19-26(29(36)37)32-28(35)27-30(2,3)40-20-33(27)41(38,39)25-12-8-5-9-13-25/h5,8-9,12-17,26-27,31H,4,6-7,10-11,18-20H2,1-3H3,(H,32,35)(H,36,37). The maximum absolute atomic E-state index is 13.4. The number of carbonyl (C=O) groups excluding carboxylic acids is 2. The van der Waals surface area contributed by atoms with Gasteiger partial charge in [0, 0.05) is 29.7 Å². The molecule has 41 heavy (non-hydrogen) atoms. The zero-order chi connectivity index (χ0) is 30.2. The van der Waals surface area contributed by atoms with Gasteiger partial charge >= 0.3 is 5.97 Å². The molecule has 1 heterocycles. The second-order valence-corrected chi connectivity index (χ2v) is 14.5. The molecule has 1 aliphatic rings. The largest absolute Gasteiger partial charge is 0.480 e. The second kappa shape index (κ2) is 14.2. The van der Waals surface area contributed by atoms with E-state index in [1.165, 1.54) is 23.9 Å². The van der Waals surface area contributed by atoms with E-state index in [-0.39, 0.29) is 23.0 Å². The molecule has 3 N–H and O–H groups in total. The van der Waals surface area contributed by atoms with Gasteiger partial charge in [0.05, 0.1) is 10.8 Å². The van der Waals surface area contributed by atoms with Gasteiger partial charge in [0.1, 0.15) is 17.9 Å². The van der Waals surface area contributed by atoms with Crippen LogP contribution in [0.4, 0.5) is 0 Å². The first-order valence-corrected chi connectivity index (χ1v) is 16.1. The maximum atomic E-state index is 13.4. The van der Waals surface area contributed by atoms with Crippen LogP contribution in [0.3, 0.4) is 0 Å². The van der Waals surface area contributed by atoms with Crippen molar-refractivity contribution in [3.63, 3.8) is 0 Å². The summed E-state index contributed by atoms with van der Waals surface area (Å²) in [6, 6.07) is 12.6. The molecular weight excluding hydrogens is 562 g/mol. The van der Waals surface area contributed by atoms with Crippen LogP contribution < -0.4 is 5.32 Å². The zero-order valence-electron chi connectivity index (χ0n) is 23.8. The highest BCUT2D eigenvalue weighted by Crippen LogP contribution is 2.42. The number of rotatable bonds is 15. The van der Waals surface area contributed by atoms with Crippen LogP contribution in [0.5, 0.6) is 0 Å². The van der Waals surface area contributed by atoms with Crippen LogP contribution in [0.1, 0.15) is 64.0 Å². The van der Waals surface area contributed by atoms with Gasteiger partial charge < -0.3 is 15.8 Å². The van der Waals surface area contributed by atoms with E-state index < -0.39 is 38.7 Å². The first-order valence-electron chi connectivity index (χ1n) is 13.7. The van der Waals surface area contributed by atoms with Crippen molar-refractivity contribution in [2.75, 3.05) is 5.88 Å². The Labute approximate surface area is 246 Å². The molecule has 0 aromatic heterocycles. The molecule has 0 radical (unpaired) electrons. The first-order chi connectivity index (χ1) is 19.3. The minimum absolute atomic E-state index is 0.00740. The third kappa shape index (κ3) is 8.98. The lowest BCUT2D eigenvalue weighted by atomic mass is 9.99. The summed E-state index contributed by atoms with van der Waals surface area (Å²) in [5.74, 6) is -1.68. The van der Waals surface area contributed by atoms with Crippen molar-refractivity contribution in [1.29, 1.82) is 5.41 Å². The van der Waals surface area contributed by atoms with Gasteiger partial charge in [0.2, 0.25) is 15.9 Å². The molecule has 3 rings (SSSR count). The molecule has 1 aliphatic heterocycles. The van der Waals surface area contributed by atoms with Crippen LogP contribution in [0.15, 0.2) is 59.5 Å². The van der Waals surface area contributed by atoms with Gasteiger partial charge in [-0.05, 0) is 63.3 Å². The molecule has 0 spiro atoms. The molecule has 1 fully saturated rings. The summed E-state index contributed by atoms with van der Waals surface area (Å²) in [4.78, 5) is 38.0. The number of carboxylic acid groups (broad SMARTS) is 1. The minimum atomic E-state index is -3.98. The highest BCUT2D eigenvalue weighted by Gasteiger charge is 2.51. The number of nitrogens with zero attached hydrogens (tertiary/aromatic N) is 1. The summed E-state index contributed by atoms with van der Waals surface area (Å²) in [5.41, 5.74) is 2.15. The lowest BCUT2D eigenvalue weighted by Gasteiger charge is -2.31. The number of ketones is 1. The van der Waals surface area contributed by atoms with E-state index in [9.17, 15) is 27.9 Å². The molecule has 0 aliphatic carbocycles. The summed E-state index contributed by atoms with van der Waals surface area (Å²) < 4.78 is 27.1. The molecule has 11 heteroatoms. The molecule has 2 aromatic rings. The fourth-order valence-corrected chi connectivity index (χ4v) is 7.99. The molecule has 0 saturated carbocycles. The van der Waals surface area contributed by atoms with Gasteiger partial charge in [0.25, 0.3) is 0 Å². The predicted molar refractivity (Wildman–Crippen MR) is 161 cm³/mol. The second-order valence-electron chi connectivity index (χ2n) is 11.0. The fourth-order valence-electron chi connectivity index (χ4n) is 4.80. The number of sulfonamides is 1. The van der Waals surface area contributed by atoms with E-state index in [2.05, 4.69) is 5.32 Å². The highest BCUT2D eigenvalue weighted by atomic mass is 32.2. The number of hydrogen-bond acceptors (Lipinski definition) is 7. The number of benzene rings is 2. The summed E-state index contributed by atoms with van der Waals surface area (Å²) in [6.07, 6.45) is 4.17. The summed E-state index contributed by atoms with van der Waals surface area (Å²) in [5, 5.41) is 19.9. The first kappa shape index (κ1) is 32.5. The van der Waals surface area contributed by atoms with Gasteiger partial charge in [-0.3, -0.25) is 9.59 Å². The van der Waals surface area contributed by atoms with Crippen LogP contribution in [0.25, 0.3) is 0 Å². The Balaban J connectivity index is 1.63. The van der Waals surface area contributed by atoms with E-state index in [1.807, 2.05) is 0 Å². The number of nitrogens with one attached hydrogen (secondary N) is 2. The number of carboxylic acids is 1. The number of amides is 1. The Morgan fingerprint density at radius 1 is 1.02 bits per heavy atom. The number of unbranched alkanes of at least 4 members (excludes halogenated alkanes) is 2. The molecule has 2 atom stereocenters. The van der Waals surface area contributed by atoms with Crippen LogP contribution in [-0.2, 0) is 37.2 Å². The molecule has 1 saturated heterocycles. The summed E-state index contributed by atoms with van der Waals surface area (Å²) in [6.45, 7) is 5.33. The van der Waals surface area contributed by atoms with Crippen molar-refractivity contribution >= 4 is 45.2 Å². The predicted octanol–water partition coefficient (Wildman–Crippen LogP) is 4.44. The average molecular weight is 602 g/mol. The topological polar surface area (TPSA) is 145 Å². The number of hydrogen-bond donors (Lipinski definition) is 3. The van der Waals surface area contributed by atoms with E-state index >= 15 is 0 Å². The molecular formula is C30H39N3O6S2. The van der Waals surface area contributed by atoms with E-state index in [0.29, 0.717) is 24.1 Å². The highest BCUT2D eigenvalue weighted by molar-refractivity contribution is 8.02. The quantitative estimate of drug-likeness (QED) is 0.202. The van der Waals surface area contributed by atoms with Crippen molar-refractivity contribution in [3.05, 3.63) is 65.7 Å².